The summed E-state index contributed by atoms with van der Waals surface area (Å²) in [6.07, 6.45) is 0.631. The molecule has 0 saturated carbocycles. The van der Waals surface area contributed by atoms with E-state index in [-0.39, 0.29) is 31.2 Å². The summed E-state index contributed by atoms with van der Waals surface area (Å²) in [6.45, 7) is 7.87. The third-order valence-corrected chi connectivity index (χ3v) is 8.01. The molecule has 3 atom stereocenters. The second-order valence-electron chi connectivity index (χ2n) is 11.2. The van der Waals surface area contributed by atoms with Crippen LogP contribution in [0.4, 0.5) is 5.69 Å². The summed E-state index contributed by atoms with van der Waals surface area (Å²) in [7, 11) is -7.15. The maximum atomic E-state index is 12.5. The van der Waals surface area contributed by atoms with E-state index in [0.29, 0.717) is 29.0 Å². The van der Waals surface area contributed by atoms with E-state index in [2.05, 4.69) is 10.0 Å². The van der Waals surface area contributed by atoms with Gasteiger partial charge >= 0.3 is 0 Å². The van der Waals surface area contributed by atoms with Gasteiger partial charge in [-0.1, -0.05) is 30.3 Å². The van der Waals surface area contributed by atoms with Crippen LogP contribution in [-0.2, 0) is 21.0 Å². The minimum Gasteiger partial charge on any atom is -0.491 e. The minimum atomic E-state index is -3.61. The molecule has 0 radical (unpaired) electrons. The fourth-order valence-electron chi connectivity index (χ4n) is 3.93. The van der Waals surface area contributed by atoms with Crippen molar-refractivity contribution in [1.29, 1.82) is 0 Å². The highest BCUT2D eigenvalue weighted by Gasteiger charge is 2.22. The van der Waals surface area contributed by atoms with Crippen LogP contribution in [0.15, 0.2) is 72.8 Å². The standard InChI is InChI=1S/C30H41N2O8PS/c1-22(17-23-11-13-25(14-12-23)39-21-41(34,35)27-9-7-6-8-10-27)31-19-24(33)20-38-26-15-16-29(40-30(2,3)4)28(18-26)32-42(5,36)37/h6-16,18,22,24,31-33H,17,19-21H2,1-5H3,(H,34,35). The number of aliphatic hydroxyl groups is 1. The Kier molecular flexibility index (Phi) is 11.5. The van der Waals surface area contributed by atoms with E-state index in [1.165, 1.54) is 6.07 Å². The monoisotopic (exact) mass is 620 g/mol. The summed E-state index contributed by atoms with van der Waals surface area (Å²) in [5.41, 5.74) is 0.759. The quantitative estimate of drug-likeness (QED) is 0.185. The van der Waals surface area contributed by atoms with Crippen LogP contribution in [0.3, 0.4) is 0 Å². The molecule has 0 spiro atoms. The van der Waals surface area contributed by atoms with E-state index in [4.69, 9.17) is 14.2 Å². The lowest BCUT2D eigenvalue weighted by molar-refractivity contribution is 0.104. The van der Waals surface area contributed by atoms with Crippen molar-refractivity contribution in [3.8, 4) is 17.2 Å². The first-order valence-corrected chi connectivity index (χ1v) is 17.3. The molecule has 42 heavy (non-hydrogen) atoms. The predicted octanol–water partition coefficient (Wildman–Crippen LogP) is 4.13. The predicted molar refractivity (Wildman–Crippen MR) is 166 cm³/mol. The van der Waals surface area contributed by atoms with E-state index in [1.54, 1.807) is 54.6 Å². The van der Waals surface area contributed by atoms with E-state index >= 15 is 0 Å². The first-order valence-electron chi connectivity index (χ1n) is 13.5. The number of sulfonamides is 1. The highest BCUT2D eigenvalue weighted by atomic mass is 32.2. The summed E-state index contributed by atoms with van der Waals surface area (Å²) in [6, 6.07) is 20.6. The molecule has 0 aliphatic carbocycles. The highest BCUT2D eigenvalue weighted by molar-refractivity contribution is 7.92. The number of hydrogen-bond donors (Lipinski definition) is 4. The van der Waals surface area contributed by atoms with Gasteiger partial charge in [0, 0.05) is 24.0 Å². The van der Waals surface area contributed by atoms with E-state index < -0.39 is 29.1 Å². The summed E-state index contributed by atoms with van der Waals surface area (Å²) in [4.78, 5) is 10.3. The lowest BCUT2D eigenvalue weighted by atomic mass is 10.1. The fraction of sp³-hybridized carbons (Fsp3) is 0.400. The van der Waals surface area contributed by atoms with Gasteiger partial charge in [-0.05, 0) is 76.1 Å². The SMILES string of the molecule is CC(Cc1ccc(OCP(=O)(O)c2ccccc2)cc1)NCC(O)COc1ccc(OC(C)(C)C)c(NS(C)(=O)=O)c1. The highest BCUT2D eigenvalue weighted by Crippen LogP contribution is 2.39. The van der Waals surface area contributed by atoms with Gasteiger partial charge in [-0.15, -0.1) is 0 Å². The molecule has 3 rings (SSSR count). The van der Waals surface area contributed by atoms with Crippen molar-refractivity contribution in [1.82, 2.24) is 5.32 Å². The van der Waals surface area contributed by atoms with Crippen molar-refractivity contribution >= 4 is 28.4 Å². The zero-order valence-electron chi connectivity index (χ0n) is 24.6. The first-order chi connectivity index (χ1) is 19.6. The van der Waals surface area contributed by atoms with Gasteiger partial charge in [-0.3, -0.25) is 9.29 Å². The summed E-state index contributed by atoms with van der Waals surface area (Å²) in [5, 5.41) is 14.1. The normalized spacial score (nSPS) is 14.8. The minimum absolute atomic E-state index is 0.00123. The second kappa shape index (κ2) is 14.4. The maximum Gasteiger partial charge on any atom is 0.265 e. The van der Waals surface area contributed by atoms with Crippen molar-refractivity contribution in [2.45, 2.75) is 51.9 Å². The number of nitrogens with one attached hydrogen (secondary N) is 2. The molecule has 230 valence electrons. The average Bonchev–Trinajstić information content (AvgIpc) is 2.90. The zero-order valence-corrected chi connectivity index (χ0v) is 26.3. The Balaban J connectivity index is 1.45. The topological polar surface area (TPSA) is 143 Å². The first kappa shape index (κ1) is 33.4. The summed E-state index contributed by atoms with van der Waals surface area (Å²) < 4.78 is 55.8. The van der Waals surface area contributed by atoms with Gasteiger partial charge in [0.25, 0.3) is 7.37 Å². The van der Waals surface area contributed by atoms with Gasteiger partial charge in [0.05, 0.1) is 11.9 Å². The number of ether oxygens (including phenoxy) is 3. The van der Waals surface area contributed by atoms with Crippen LogP contribution < -0.4 is 29.6 Å². The molecule has 0 saturated heterocycles. The fourth-order valence-corrected chi connectivity index (χ4v) is 5.60. The van der Waals surface area contributed by atoms with Gasteiger partial charge in [0.1, 0.15) is 35.6 Å². The van der Waals surface area contributed by atoms with Crippen molar-refractivity contribution < 1.29 is 37.2 Å². The molecule has 3 unspecified atom stereocenters. The van der Waals surface area contributed by atoms with Gasteiger partial charge < -0.3 is 29.5 Å². The Hall–Kier alpha value is -3.08. The Morgan fingerprint density at radius 1 is 0.952 bits per heavy atom. The lowest BCUT2D eigenvalue weighted by Crippen LogP contribution is -2.37. The molecule has 0 aliphatic heterocycles. The molecule has 0 heterocycles. The second-order valence-corrected chi connectivity index (χ2v) is 15.1. The molecule has 0 aliphatic rings. The molecule has 10 nitrogen and oxygen atoms in total. The number of aliphatic hydroxyl groups excluding tert-OH is 1. The van der Waals surface area contributed by atoms with Crippen LogP contribution in [-0.4, -0.2) is 61.9 Å². The van der Waals surface area contributed by atoms with Gasteiger partial charge in [0.15, 0.2) is 6.35 Å². The molecule has 0 bridgehead atoms. The van der Waals surface area contributed by atoms with E-state index in [1.807, 2.05) is 39.8 Å². The third kappa shape index (κ3) is 11.7. The van der Waals surface area contributed by atoms with Crippen LogP contribution in [0.25, 0.3) is 0 Å². The Bertz CT molecular complexity index is 1440. The van der Waals surface area contributed by atoms with Crippen LogP contribution in [0.2, 0.25) is 0 Å². The summed E-state index contributed by atoms with van der Waals surface area (Å²) in [5.74, 6) is 1.26. The average molecular weight is 621 g/mol. The van der Waals surface area contributed by atoms with Crippen molar-refractivity contribution in [2.75, 3.05) is 30.5 Å². The zero-order chi connectivity index (χ0) is 31.0. The Labute approximate surface area is 248 Å². The summed E-state index contributed by atoms with van der Waals surface area (Å²) >= 11 is 0. The van der Waals surface area contributed by atoms with Gasteiger partial charge in [0.2, 0.25) is 10.0 Å². The number of rotatable bonds is 15. The van der Waals surface area contributed by atoms with Crippen LogP contribution >= 0.6 is 7.37 Å². The van der Waals surface area contributed by atoms with Crippen LogP contribution in [0.1, 0.15) is 33.3 Å². The maximum absolute atomic E-state index is 12.5. The smallest absolute Gasteiger partial charge is 0.265 e. The van der Waals surface area contributed by atoms with E-state index in [0.717, 1.165) is 11.8 Å². The largest absolute Gasteiger partial charge is 0.491 e. The molecule has 12 heteroatoms. The lowest BCUT2D eigenvalue weighted by Gasteiger charge is -2.24. The van der Waals surface area contributed by atoms with Crippen molar-refractivity contribution in [2.24, 2.45) is 0 Å². The molecule has 3 aromatic carbocycles. The Morgan fingerprint density at radius 2 is 1.60 bits per heavy atom. The van der Waals surface area contributed by atoms with Crippen molar-refractivity contribution in [3.63, 3.8) is 0 Å². The Morgan fingerprint density at radius 3 is 2.21 bits per heavy atom. The van der Waals surface area contributed by atoms with Crippen LogP contribution in [0.5, 0.6) is 17.2 Å². The molecule has 3 aromatic rings. The van der Waals surface area contributed by atoms with Crippen molar-refractivity contribution in [3.05, 3.63) is 78.4 Å². The number of anilines is 1. The molecule has 4 N–H and O–H groups in total. The molecule has 0 fully saturated rings. The third-order valence-electron chi connectivity index (χ3n) is 5.84. The molecule has 0 aromatic heterocycles. The van der Waals surface area contributed by atoms with Gasteiger partial charge in [-0.25, -0.2) is 8.42 Å². The molecular weight excluding hydrogens is 579 g/mol. The van der Waals surface area contributed by atoms with Crippen LogP contribution in [0, 0.1) is 0 Å². The molecule has 0 amide bonds. The van der Waals surface area contributed by atoms with Gasteiger partial charge in [-0.2, -0.15) is 0 Å². The number of benzene rings is 3. The number of hydrogen-bond acceptors (Lipinski definition) is 8. The molecular formula is C30H41N2O8PS. The van der Waals surface area contributed by atoms with E-state index in [9.17, 15) is 23.0 Å².